The van der Waals surface area contributed by atoms with Gasteiger partial charge in [0.05, 0.1) is 25.1 Å². The minimum Gasteiger partial charge on any atom is -0.394 e. The van der Waals surface area contributed by atoms with Crippen molar-refractivity contribution in [2.45, 2.75) is 12.5 Å². The molecule has 0 aromatic carbocycles. The number of nitrogens with one attached hydrogen (secondary N) is 2. The summed E-state index contributed by atoms with van der Waals surface area (Å²) in [4.78, 5) is 17.1. The Hall–Kier alpha value is -1.40. The van der Waals surface area contributed by atoms with Crippen molar-refractivity contribution in [3.05, 3.63) is 22.7 Å². The van der Waals surface area contributed by atoms with Crippen LogP contribution in [0, 0.1) is 0 Å². The van der Waals surface area contributed by atoms with E-state index in [4.69, 9.17) is 10.2 Å². The Bertz CT molecular complexity index is 346. The van der Waals surface area contributed by atoms with Gasteiger partial charge in [-0.25, -0.2) is 4.98 Å². The monoisotopic (exact) mass is 199 g/mol. The van der Waals surface area contributed by atoms with Gasteiger partial charge < -0.3 is 20.5 Å². The number of H-pyrrole nitrogens is 1. The van der Waals surface area contributed by atoms with Crippen LogP contribution in [0.25, 0.3) is 0 Å². The number of anilines is 1. The molecule has 6 heteroatoms. The fourth-order valence-corrected chi connectivity index (χ4v) is 0.875. The molecular weight excluding hydrogens is 186 g/mol. The molecule has 0 aliphatic rings. The fourth-order valence-electron chi connectivity index (χ4n) is 0.875. The van der Waals surface area contributed by atoms with Gasteiger partial charge in [-0.3, -0.25) is 4.79 Å². The van der Waals surface area contributed by atoms with E-state index in [2.05, 4.69) is 15.3 Å². The minimum absolute atomic E-state index is 0.252. The zero-order valence-corrected chi connectivity index (χ0v) is 7.82. The van der Waals surface area contributed by atoms with Crippen molar-refractivity contribution in [3.63, 3.8) is 0 Å². The van der Waals surface area contributed by atoms with E-state index in [0.29, 0.717) is 5.82 Å². The smallest absolute Gasteiger partial charge is 0.252 e. The van der Waals surface area contributed by atoms with E-state index in [1.807, 2.05) is 0 Å². The number of aliphatic hydroxyl groups excluding tert-OH is 2. The molecule has 0 atom stereocenters. The van der Waals surface area contributed by atoms with Gasteiger partial charge in [0.2, 0.25) is 0 Å². The molecule has 1 aromatic rings. The van der Waals surface area contributed by atoms with Gasteiger partial charge in [0.15, 0.2) is 0 Å². The molecule has 0 aliphatic carbocycles. The maximum Gasteiger partial charge on any atom is 0.252 e. The van der Waals surface area contributed by atoms with E-state index in [1.165, 1.54) is 12.4 Å². The topological polar surface area (TPSA) is 98.2 Å². The van der Waals surface area contributed by atoms with Crippen LogP contribution in [-0.4, -0.2) is 38.9 Å². The molecule has 14 heavy (non-hydrogen) atoms. The molecule has 1 heterocycles. The van der Waals surface area contributed by atoms with Gasteiger partial charge in [0.25, 0.3) is 5.56 Å². The highest BCUT2D eigenvalue weighted by atomic mass is 16.3. The summed E-state index contributed by atoms with van der Waals surface area (Å²) in [5.74, 6) is 0.319. The number of hydrogen-bond donors (Lipinski definition) is 4. The van der Waals surface area contributed by atoms with Gasteiger partial charge in [-0.1, -0.05) is 0 Å². The third kappa shape index (κ3) is 2.54. The van der Waals surface area contributed by atoms with Crippen molar-refractivity contribution in [1.29, 1.82) is 0 Å². The van der Waals surface area contributed by atoms with E-state index >= 15 is 0 Å². The van der Waals surface area contributed by atoms with Gasteiger partial charge in [-0.05, 0) is 6.92 Å². The molecule has 0 radical (unpaired) electrons. The van der Waals surface area contributed by atoms with Crippen LogP contribution in [0.3, 0.4) is 0 Å². The highest BCUT2D eigenvalue weighted by Gasteiger charge is 2.22. The first kappa shape index (κ1) is 10.7. The first-order valence-corrected chi connectivity index (χ1v) is 4.14. The zero-order valence-electron chi connectivity index (χ0n) is 7.82. The molecule has 0 fully saturated rings. The molecule has 0 spiro atoms. The summed E-state index contributed by atoms with van der Waals surface area (Å²) in [5, 5.41) is 20.7. The molecule has 0 unspecified atom stereocenters. The fraction of sp³-hybridized carbons (Fsp3) is 0.500. The lowest BCUT2D eigenvalue weighted by Gasteiger charge is -2.26. The Morgan fingerprint density at radius 2 is 2.21 bits per heavy atom. The summed E-state index contributed by atoms with van der Waals surface area (Å²) >= 11 is 0. The quantitative estimate of drug-likeness (QED) is 0.494. The highest BCUT2D eigenvalue weighted by molar-refractivity contribution is 5.35. The Labute approximate surface area is 80.6 Å². The molecule has 0 bridgehead atoms. The maximum atomic E-state index is 10.9. The normalized spacial score (nSPS) is 11.4. The molecule has 0 amide bonds. The lowest BCUT2D eigenvalue weighted by Crippen LogP contribution is -2.43. The Kier molecular flexibility index (Phi) is 3.21. The molecule has 1 aromatic heterocycles. The van der Waals surface area contributed by atoms with Crippen molar-refractivity contribution in [1.82, 2.24) is 9.97 Å². The summed E-state index contributed by atoms with van der Waals surface area (Å²) < 4.78 is 0. The van der Waals surface area contributed by atoms with Crippen molar-refractivity contribution < 1.29 is 10.2 Å². The van der Waals surface area contributed by atoms with Crippen molar-refractivity contribution in [2.24, 2.45) is 0 Å². The predicted octanol–water partition coefficient (Wildman–Crippen LogP) is -1.07. The molecule has 6 nitrogen and oxygen atoms in total. The SMILES string of the molecule is CC(CO)(CO)Nc1cc(=O)[nH]cn1. The van der Waals surface area contributed by atoms with Crippen LogP contribution in [0.2, 0.25) is 0 Å². The summed E-state index contributed by atoms with van der Waals surface area (Å²) in [6.07, 6.45) is 1.25. The maximum absolute atomic E-state index is 10.9. The summed E-state index contributed by atoms with van der Waals surface area (Å²) in [6, 6.07) is 1.25. The number of aliphatic hydroxyl groups is 2. The first-order valence-electron chi connectivity index (χ1n) is 4.14. The standard InChI is InChI=1S/C8H13N3O3/c1-8(3-12,4-13)11-6-2-7(14)10-5-9-6/h2,5,12-13H,3-4H2,1H3,(H2,9,10,11,14). The van der Waals surface area contributed by atoms with E-state index in [-0.39, 0.29) is 18.8 Å². The van der Waals surface area contributed by atoms with Gasteiger partial charge >= 0.3 is 0 Å². The van der Waals surface area contributed by atoms with E-state index < -0.39 is 5.54 Å². The molecular formula is C8H13N3O3. The molecule has 0 saturated carbocycles. The minimum atomic E-state index is -0.874. The van der Waals surface area contributed by atoms with Crippen molar-refractivity contribution in [3.8, 4) is 0 Å². The number of aromatic amines is 1. The van der Waals surface area contributed by atoms with Crippen LogP contribution < -0.4 is 10.9 Å². The Morgan fingerprint density at radius 1 is 1.57 bits per heavy atom. The molecule has 4 N–H and O–H groups in total. The van der Waals surface area contributed by atoms with Crippen LogP contribution in [0.4, 0.5) is 5.82 Å². The molecule has 0 saturated heterocycles. The molecule has 0 aliphatic heterocycles. The number of aromatic nitrogens is 2. The highest BCUT2D eigenvalue weighted by Crippen LogP contribution is 2.09. The van der Waals surface area contributed by atoms with Crippen LogP contribution >= 0.6 is 0 Å². The van der Waals surface area contributed by atoms with Gasteiger partial charge in [-0.15, -0.1) is 0 Å². The van der Waals surface area contributed by atoms with Crippen LogP contribution in [0.15, 0.2) is 17.2 Å². The molecule has 1 rings (SSSR count). The van der Waals surface area contributed by atoms with Gasteiger partial charge in [-0.2, -0.15) is 0 Å². The van der Waals surface area contributed by atoms with E-state index in [1.54, 1.807) is 6.92 Å². The second-order valence-corrected chi connectivity index (χ2v) is 3.30. The average Bonchev–Trinajstić information content (AvgIpc) is 2.18. The summed E-state index contributed by atoms with van der Waals surface area (Å²) in [6.45, 7) is 1.12. The largest absolute Gasteiger partial charge is 0.394 e. The zero-order chi connectivity index (χ0) is 10.6. The van der Waals surface area contributed by atoms with Crippen LogP contribution in [-0.2, 0) is 0 Å². The van der Waals surface area contributed by atoms with Gasteiger partial charge in [0.1, 0.15) is 5.82 Å². The van der Waals surface area contributed by atoms with Crippen molar-refractivity contribution >= 4 is 5.82 Å². The molecule has 78 valence electrons. The second-order valence-electron chi connectivity index (χ2n) is 3.30. The average molecular weight is 199 g/mol. The second kappa shape index (κ2) is 4.21. The summed E-state index contributed by atoms with van der Waals surface area (Å²) in [7, 11) is 0. The van der Waals surface area contributed by atoms with Gasteiger partial charge in [0, 0.05) is 6.07 Å². The Balaban J connectivity index is 2.82. The lowest BCUT2D eigenvalue weighted by atomic mass is 10.1. The predicted molar refractivity (Wildman–Crippen MR) is 51.1 cm³/mol. The number of rotatable bonds is 4. The van der Waals surface area contributed by atoms with Crippen LogP contribution in [0.5, 0.6) is 0 Å². The van der Waals surface area contributed by atoms with Crippen molar-refractivity contribution in [2.75, 3.05) is 18.5 Å². The summed E-state index contributed by atoms with van der Waals surface area (Å²) in [5.41, 5.74) is -1.17. The van der Waals surface area contributed by atoms with E-state index in [0.717, 1.165) is 0 Å². The third-order valence-electron chi connectivity index (χ3n) is 1.81. The van der Waals surface area contributed by atoms with Crippen LogP contribution in [0.1, 0.15) is 6.92 Å². The number of nitrogens with zero attached hydrogens (tertiary/aromatic N) is 1. The first-order chi connectivity index (χ1) is 6.59. The number of hydrogen-bond acceptors (Lipinski definition) is 5. The third-order valence-corrected chi connectivity index (χ3v) is 1.81. The Morgan fingerprint density at radius 3 is 2.71 bits per heavy atom. The lowest BCUT2D eigenvalue weighted by molar-refractivity contribution is 0.147. The van der Waals surface area contributed by atoms with E-state index in [9.17, 15) is 4.79 Å².